The third kappa shape index (κ3) is 3.03. The van der Waals surface area contributed by atoms with Crippen LogP contribution in [0.4, 0.5) is 10.1 Å². The molecule has 0 saturated carbocycles. The molecule has 0 aliphatic heterocycles. The highest BCUT2D eigenvalue weighted by atomic mass is 19.1. The van der Waals surface area contributed by atoms with E-state index in [1.165, 1.54) is 12.1 Å². The van der Waals surface area contributed by atoms with Gasteiger partial charge in [0.1, 0.15) is 0 Å². The van der Waals surface area contributed by atoms with Crippen molar-refractivity contribution in [3.63, 3.8) is 0 Å². The van der Waals surface area contributed by atoms with E-state index in [4.69, 9.17) is 5.11 Å². The van der Waals surface area contributed by atoms with Crippen molar-refractivity contribution in [2.24, 2.45) is 5.41 Å². The lowest BCUT2D eigenvalue weighted by molar-refractivity contribution is -0.123. The summed E-state index contributed by atoms with van der Waals surface area (Å²) in [6.45, 7) is 5.05. The van der Waals surface area contributed by atoms with Gasteiger partial charge in [-0.05, 0) is 12.1 Å². The molecule has 0 bridgehead atoms. The van der Waals surface area contributed by atoms with Crippen LogP contribution < -0.4 is 5.32 Å². The fourth-order valence-corrected chi connectivity index (χ4v) is 1.10. The quantitative estimate of drug-likeness (QED) is 0.833. The third-order valence-corrected chi connectivity index (χ3v) is 2.16. The molecule has 2 N–H and O–H groups in total. The van der Waals surface area contributed by atoms with Crippen LogP contribution in [0.3, 0.4) is 0 Å². The van der Waals surface area contributed by atoms with Gasteiger partial charge in [0.2, 0.25) is 5.91 Å². The summed E-state index contributed by atoms with van der Waals surface area (Å²) in [5.74, 6) is -2.68. The molecule has 0 unspecified atom stereocenters. The van der Waals surface area contributed by atoms with Gasteiger partial charge in [0.25, 0.3) is 0 Å². The smallest absolute Gasteiger partial charge is 0.338 e. The van der Waals surface area contributed by atoms with Crippen LogP contribution in [-0.4, -0.2) is 17.0 Å². The number of carbonyl (C=O) groups is 2. The van der Waals surface area contributed by atoms with E-state index in [0.29, 0.717) is 0 Å². The van der Waals surface area contributed by atoms with Crippen LogP contribution in [-0.2, 0) is 4.79 Å². The van der Waals surface area contributed by atoms with Gasteiger partial charge in [-0.2, -0.15) is 0 Å². The van der Waals surface area contributed by atoms with Crippen LogP contribution in [0.5, 0.6) is 0 Å². The molecule has 0 aliphatic carbocycles. The number of benzene rings is 1. The number of rotatable bonds is 2. The second-order valence-corrected chi connectivity index (χ2v) is 4.68. The molecule has 0 aliphatic rings. The Morgan fingerprint density at radius 2 is 1.88 bits per heavy atom. The topological polar surface area (TPSA) is 66.4 Å². The number of aromatic carboxylic acids is 1. The molecule has 0 saturated heterocycles. The first-order chi connectivity index (χ1) is 7.73. The molecule has 0 aromatic heterocycles. The Balaban J connectivity index is 3.05. The zero-order valence-electron chi connectivity index (χ0n) is 9.87. The van der Waals surface area contributed by atoms with Gasteiger partial charge in [-0.3, -0.25) is 4.79 Å². The first-order valence-electron chi connectivity index (χ1n) is 5.06. The second-order valence-electron chi connectivity index (χ2n) is 4.68. The Hall–Kier alpha value is -1.91. The fourth-order valence-electron chi connectivity index (χ4n) is 1.10. The molecule has 4 nitrogen and oxygen atoms in total. The molecule has 0 atom stereocenters. The zero-order chi connectivity index (χ0) is 13.2. The van der Waals surface area contributed by atoms with Gasteiger partial charge < -0.3 is 10.4 Å². The van der Waals surface area contributed by atoms with Crippen molar-refractivity contribution >= 4 is 17.6 Å². The number of halogens is 1. The number of hydrogen-bond donors (Lipinski definition) is 2. The first-order valence-corrected chi connectivity index (χ1v) is 5.06. The van der Waals surface area contributed by atoms with Gasteiger partial charge in [-0.25, -0.2) is 9.18 Å². The standard InChI is InChI=1S/C12H14FNO3/c1-12(2,3)11(17)14-8-6-4-5-7(9(8)13)10(15)16/h4-6H,1-3H3,(H,14,17)(H,15,16). The van der Waals surface area contributed by atoms with E-state index < -0.39 is 22.8 Å². The summed E-state index contributed by atoms with van der Waals surface area (Å²) in [4.78, 5) is 22.3. The van der Waals surface area contributed by atoms with Crippen LogP contribution in [0.2, 0.25) is 0 Å². The van der Waals surface area contributed by atoms with E-state index in [-0.39, 0.29) is 11.6 Å². The van der Waals surface area contributed by atoms with E-state index in [9.17, 15) is 14.0 Å². The Morgan fingerprint density at radius 1 is 1.29 bits per heavy atom. The van der Waals surface area contributed by atoms with Crippen molar-refractivity contribution in [3.8, 4) is 0 Å². The van der Waals surface area contributed by atoms with Gasteiger partial charge in [-0.1, -0.05) is 26.8 Å². The van der Waals surface area contributed by atoms with Gasteiger partial charge in [0.05, 0.1) is 11.3 Å². The largest absolute Gasteiger partial charge is 0.478 e. The van der Waals surface area contributed by atoms with Crippen molar-refractivity contribution in [3.05, 3.63) is 29.6 Å². The third-order valence-electron chi connectivity index (χ3n) is 2.16. The zero-order valence-corrected chi connectivity index (χ0v) is 9.87. The highest BCUT2D eigenvalue weighted by Gasteiger charge is 2.23. The van der Waals surface area contributed by atoms with Gasteiger partial charge in [0.15, 0.2) is 5.82 Å². The molecule has 1 aromatic carbocycles. The van der Waals surface area contributed by atoms with E-state index in [2.05, 4.69) is 5.32 Å². The van der Waals surface area contributed by atoms with Crippen LogP contribution in [0, 0.1) is 11.2 Å². The van der Waals surface area contributed by atoms with Gasteiger partial charge >= 0.3 is 5.97 Å². The Bertz CT molecular complexity index is 463. The lowest BCUT2D eigenvalue weighted by atomic mass is 9.95. The summed E-state index contributed by atoms with van der Waals surface area (Å²) in [6, 6.07) is 3.85. The molecule has 92 valence electrons. The Morgan fingerprint density at radius 3 is 2.35 bits per heavy atom. The van der Waals surface area contributed by atoms with E-state index in [1.807, 2.05) is 0 Å². The van der Waals surface area contributed by atoms with Crippen molar-refractivity contribution < 1.29 is 19.1 Å². The molecule has 0 heterocycles. The van der Waals surface area contributed by atoms with Crippen molar-refractivity contribution in [1.29, 1.82) is 0 Å². The maximum Gasteiger partial charge on any atom is 0.338 e. The molecule has 5 heteroatoms. The van der Waals surface area contributed by atoms with Crippen LogP contribution in [0.15, 0.2) is 18.2 Å². The molecular formula is C12H14FNO3. The summed E-state index contributed by atoms with van der Waals surface area (Å²) in [7, 11) is 0. The number of carboxylic acid groups (broad SMARTS) is 1. The molecule has 0 fully saturated rings. The summed E-state index contributed by atoms with van der Waals surface area (Å²) < 4.78 is 13.7. The SMILES string of the molecule is CC(C)(C)C(=O)Nc1cccc(C(=O)O)c1F. The van der Waals surface area contributed by atoms with E-state index in [0.717, 1.165) is 6.07 Å². The molecule has 1 aromatic rings. The van der Waals surface area contributed by atoms with E-state index >= 15 is 0 Å². The van der Waals surface area contributed by atoms with E-state index in [1.54, 1.807) is 20.8 Å². The normalized spacial score (nSPS) is 11.1. The highest BCUT2D eigenvalue weighted by Crippen LogP contribution is 2.21. The number of carboxylic acids is 1. The number of nitrogens with one attached hydrogen (secondary N) is 1. The number of carbonyl (C=O) groups excluding carboxylic acids is 1. The van der Waals surface area contributed by atoms with Crippen LogP contribution >= 0.6 is 0 Å². The minimum absolute atomic E-state index is 0.121. The van der Waals surface area contributed by atoms with Gasteiger partial charge in [-0.15, -0.1) is 0 Å². The highest BCUT2D eigenvalue weighted by molar-refractivity contribution is 5.96. The van der Waals surface area contributed by atoms with Crippen molar-refractivity contribution in [1.82, 2.24) is 0 Å². The number of amides is 1. The lowest BCUT2D eigenvalue weighted by Gasteiger charge is -2.18. The number of hydrogen-bond acceptors (Lipinski definition) is 2. The molecule has 0 spiro atoms. The molecule has 1 rings (SSSR count). The second kappa shape index (κ2) is 4.53. The predicted octanol–water partition coefficient (Wildman–Crippen LogP) is 2.51. The summed E-state index contributed by atoms with van der Waals surface area (Å²) in [6.07, 6.45) is 0. The minimum atomic E-state index is -1.37. The average molecular weight is 239 g/mol. The number of anilines is 1. The summed E-state index contributed by atoms with van der Waals surface area (Å²) >= 11 is 0. The first kappa shape index (κ1) is 13.2. The molecule has 1 amide bonds. The molecule has 0 radical (unpaired) electrons. The average Bonchev–Trinajstić information content (AvgIpc) is 2.19. The summed E-state index contributed by atoms with van der Waals surface area (Å²) in [5, 5.41) is 11.1. The Kier molecular flexibility index (Phi) is 3.50. The lowest BCUT2D eigenvalue weighted by Crippen LogP contribution is -2.28. The van der Waals surface area contributed by atoms with Crippen molar-refractivity contribution in [2.75, 3.05) is 5.32 Å². The minimum Gasteiger partial charge on any atom is -0.478 e. The monoisotopic (exact) mass is 239 g/mol. The maximum atomic E-state index is 13.7. The van der Waals surface area contributed by atoms with Crippen molar-refractivity contribution in [2.45, 2.75) is 20.8 Å². The Labute approximate surface area is 98.5 Å². The maximum absolute atomic E-state index is 13.7. The van der Waals surface area contributed by atoms with Gasteiger partial charge in [0, 0.05) is 5.41 Å². The summed E-state index contributed by atoms with van der Waals surface area (Å²) in [5.41, 5.74) is -1.26. The molecule has 17 heavy (non-hydrogen) atoms. The fraction of sp³-hybridized carbons (Fsp3) is 0.333. The van der Waals surface area contributed by atoms with Crippen LogP contribution in [0.1, 0.15) is 31.1 Å². The molecular weight excluding hydrogens is 225 g/mol. The predicted molar refractivity (Wildman–Crippen MR) is 61.4 cm³/mol. The van der Waals surface area contributed by atoms with Crippen LogP contribution in [0.25, 0.3) is 0 Å².